The fraction of sp³-hybridized carbons (Fsp3) is 0.533. The molecule has 1 atom stereocenters. The minimum absolute atomic E-state index is 0.00158. The first-order valence-electron chi connectivity index (χ1n) is 6.57. The van der Waals surface area contributed by atoms with Gasteiger partial charge in [0.05, 0.1) is 12.8 Å². The Morgan fingerprint density at radius 2 is 2.00 bits per heavy atom. The molecule has 1 amide bonds. The number of carbonyl (C=O) groups excluding carboxylic acids is 1. The largest absolute Gasteiger partial charge is 0.495 e. The van der Waals surface area contributed by atoms with Gasteiger partial charge in [-0.15, -0.1) is 0 Å². The second-order valence-corrected chi connectivity index (χ2v) is 5.12. The highest BCUT2D eigenvalue weighted by atomic mass is 16.5. The second kappa shape index (κ2) is 6.57. The van der Waals surface area contributed by atoms with Gasteiger partial charge in [0.2, 0.25) is 5.91 Å². The predicted octanol–water partition coefficient (Wildman–Crippen LogP) is 2.38. The quantitative estimate of drug-likeness (QED) is 0.888. The van der Waals surface area contributed by atoms with E-state index < -0.39 is 0 Å². The van der Waals surface area contributed by atoms with Crippen molar-refractivity contribution >= 4 is 11.6 Å². The molecule has 0 aliphatic rings. The highest BCUT2D eigenvalue weighted by Gasteiger charge is 2.20. The molecule has 0 saturated heterocycles. The molecule has 0 bridgehead atoms. The molecule has 4 heteroatoms. The van der Waals surface area contributed by atoms with E-state index in [1.807, 2.05) is 25.1 Å². The van der Waals surface area contributed by atoms with Crippen molar-refractivity contribution in [3.05, 3.63) is 23.8 Å². The van der Waals surface area contributed by atoms with E-state index in [9.17, 15) is 4.79 Å². The first kappa shape index (κ1) is 15.5. The summed E-state index contributed by atoms with van der Waals surface area (Å²) in [4.78, 5) is 13.8. The maximum Gasteiger partial charge on any atom is 0.230 e. The third-order valence-electron chi connectivity index (χ3n) is 3.34. The monoisotopic (exact) mass is 264 g/mol. The number of anilines is 1. The van der Waals surface area contributed by atoms with Crippen molar-refractivity contribution in [3.63, 3.8) is 0 Å². The molecule has 0 spiro atoms. The standard InChI is InChI=1S/C15H24N2O2/c1-10(2)12-6-7-14(19-5)13(8-12)17(4)15(18)11(3)9-16/h6-8,10-11H,9,16H2,1-5H3. The third-order valence-corrected chi connectivity index (χ3v) is 3.34. The molecule has 2 N–H and O–H groups in total. The Morgan fingerprint density at radius 1 is 1.37 bits per heavy atom. The molecule has 1 unspecified atom stereocenters. The lowest BCUT2D eigenvalue weighted by atomic mass is 10.0. The molecule has 0 heterocycles. The zero-order chi connectivity index (χ0) is 14.6. The summed E-state index contributed by atoms with van der Waals surface area (Å²) in [6, 6.07) is 5.93. The smallest absolute Gasteiger partial charge is 0.230 e. The van der Waals surface area contributed by atoms with Gasteiger partial charge in [-0.05, 0) is 23.6 Å². The summed E-state index contributed by atoms with van der Waals surface area (Å²) >= 11 is 0. The van der Waals surface area contributed by atoms with E-state index in [2.05, 4.69) is 13.8 Å². The summed E-state index contributed by atoms with van der Waals surface area (Å²) in [7, 11) is 3.37. The van der Waals surface area contributed by atoms with Crippen LogP contribution in [-0.4, -0.2) is 26.6 Å². The Labute approximate surface area is 115 Å². The number of methoxy groups -OCH3 is 1. The fourth-order valence-electron chi connectivity index (χ4n) is 1.88. The summed E-state index contributed by atoms with van der Waals surface area (Å²) in [5.41, 5.74) is 7.53. The number of rotatable bonds is 5. The minimum Gasteiger partial charge on any atom is -0.495 e. The first-order valence-corrected chi connectivity index (χ1v) is 6.57. The van der Waals surface area contributed by atoms with Gasteiger partial charge in [0.1, 0.15) is 5.75 Å². The Kier molecular flexibility index (Phi) is 5.36. The van der Waals surface area contributed by atoms with E-state index >= 15 is 0 Å². The average molecular weight is 264 g/mol. The minimum atomic E-state index is -0.197. The molecule has 0 aromatic heterocycles. The van der Waals surface area contributed by atoms with Gasteiger partial charge in [0, 0.05) is 19.5 Å². The SMILES string of the molecule is COc1ccc(C(C)C)cc1N(C)C(=O)C(C)CN. The van der Waals surface area contributed by atoms with Crippen LogP contribution in [0.15, 0.2) is 18.2 Å². The van der Waals surface area contributed by atoms with E-state index in [1.54, 1.807) is 19.1 Å². The van der Waals surface area contributed by atoms with Crippen molar-refractivity contribution in [2.24, 2.45) is 11.7 Å². The number of nitrogens with zero attached hydrogens (tertiary/aromatic N) is 1. The van der Waals surface area contributed by atoms with Crippen LogP contribution in [-0.2, 0) is 4.79 Å². The molecule has 1 rings (SSSR count). The van der Waals surface area contributed by atoms with Crippen molar-refractivity contribution in [3.8, 4) is 5.75 Å². The van der Waals surface area contributed by atoms with Crippen LogP contribution in [0.5, 0.6) is 5.75 Å². The lowest BCUT2D eigenvalue weighted by Crippen LogP contribution is -2.35. The molecule has 106 valence electrons. The van der Waals surface area contributed by atoms with Crippen LogP contribution in [0.25, 0.3) is 0 Å². The van der Waals surface area contributed by atoms with Crippen LogP contribution in [0.1, 0.15) is 32.3 Å². The lowest BCUT2D eigenvalue weighted by molar-refractivity contribution is -0.121. The van der Waals surface area contributed by atoms with Gasteiger partial charge in [-0.1, -0.05) is 26.8 Å². The Hall–Kier alpha value is -1.55. The molecule has 0 saturated carbocycles. The van der Waals surface area contributed by atoms with Crippen molar-refractivity contribution in [2.75, 3.05) is 25.6 Å². The summed E-state index contributed by atoms with van der Waals surface area (Å²) < 4.78 is 5.34. The predicted molar refractivity (Wildman–Crippen MR) is 78.7 cm³/mol. The molecule has 0 fully saturated rings. The topological polar surface area (TPSA) is 55.6 Å². The highest BCUT2D eigenvalue weighted by Crippen LogP contribution is 2.31. The summed E-state index contributed by atoms with van der Waals surface area (Å²) in [6.45, 7) is 6.42. The molecule has 0 radical (unpaired) electrons. The molecule has 1 aromatic carbocycles. The van der Waals surface area contributed by atoms with E-state index in [-0.39, 0.29) is 11.8 Å². The van der Waals surface area contributed by atoms with Gasteiger partial charge in [-0.2, -0.15) is 0 Å². The van der Waals surface area contributed by atoms with Crippen molar-refractivity contribution in [1.82, 2.24) is 0 Å². The number of benzene rings is 1. The molecule has 19 heavy (non-hydrogen) atoms. The van der Waals surface area contributed by atoms with Crippen LogP contribution < -0.4 is 15.4 Å². The first-order chi connectivity index (χ1) is 8.92. The van der Waals surface area contributed by atoms with E-state index in [0.717, 1.165) is 5.69 Å². The van der Waals surface area contributed by atoms with Gasteiger partial charge >= 0.3 is 0 Å². The lowest BCUT2D eigenvalue weighted by Gasteiger charge is -2.24. The van der Waals surface area contributed by atoms with Crippen molar-refractivity contribution in [2.45, 2.75) is 26.7 Å². The Balaban J connectivity index is 3.15. The van der Waals surface area contributed by atoms with Gasteiger partial charge in [0.25, 0.3) is 0 Å². The van der Waals surface area contributed by atoms with E-state index in [0.29, 0.717) is 18.2 Å². The summed E-state index contributed by atoms with van der Waals surface area (Å²) in [5.74, 6) is 0.906. The van der Waals surface area contributed by atoms with Gasteiger partial charge < -0.3 is 15.4 Å². The van der Waals surface area contributed by atoms with Crippen LogP contribution in [0, 0.1) is 5.92 Å². The van der Waals surface area contributed by atoms with Gasteiger partial charge in [-0.25, -0.2) is 0 Å². The fourth-order valence-corrected chi connectivity index (χ4v) is 1.88. The molecule has 4 nitrogen and oxygen atoms in total. The van der Waals surface area contributed by atoms with Crippen molar-refractivity contribution in [1.29, 1.82) is 0 Å². The molecule has 1 aromatic rings. The van der Waals surface area contributed by atoms with Crippen molar-refractivity contribution < 1.29 is 9.53 Å². The molecule has 0 aliphatic carbocycles. The number of hydrogen-bond acceptors (Lipinski definition) is 3. The Morgan fingerprint density at radius 3 is 2.47 bits per heavy atom. The normalized spacial score (nSPS) is 12.4. The molecular weight excluding hydrogens is 240 g/mol. The van der Waals surface area contributed by atoms with Crippen LogP contribution in [0.2, 0.25) is 0 Å². The van der Waals surface area contributed by atoms with Gasteiger partial charge in [-0.3, -0.25) is 4.79 Å². The average Bonchev–Trinajstić information content (AvgIpc) is 2.43. The molecule has 0 aliphatic heterocycles. The van der Waals surface area contributed by atoms with Gasteiger partial charge in [0.15, 0.2) is 0 Å². The van der Waals surface area contributed by atoms with E-state index in [4.69, 9.17) is 10.5 Å². The van der Waals surface area contributed by atoms with Crippen LogP contribution in [0.4, 0.5) is 5.69 Å². The second-order valence-electron chi connectivity index (χ2n) is 5.12. The van der Waals surface area contributed by atoms with Crippen LogP contribution in [0.3, 0.4) is 0 Å². The van der Waals surface area contributed by atoms with E-state index in [1.165, 1.54) is 5.56 Å². The summed E-state index contributed by atoms with van der Waals surface area (Å²) in [6.07, 6.45) is 0. The zero-order valence-corrected chi connectivity index (χ0v) is 12.4. The highest BCUT2D eigenvalue weighted by molar-refractivity contribution is 5.96. The summed E-state index contributed by atoms with van der Waals surface area (Å²) in [5, 5.41) is 0. The van der Waals surface area contributed by atoms with Crippen LogP contribution >= 0.6 is 0 Å². The number of ether oxygens (including phenoxy) is 1. The molecular formula is C15H24N2O2. The third kappa shape index (κ3) is 3.47. The number of hydrogen-bond donors (Lipinski definition) is 1. The zero-order valence-electron chi connectivity index (χ0n) is 12.4. The maximum absolute atomic E-state index is 12.2. The number of nitrogens with two attached hydrogens (primary N) is 1. The number of amides is 1. The number of carbonyl (C=O) groups is 1. The Bertz CT molecular complexity index is 444. The maximum atomic E-state index is 12.2.